The first kappa shape index (κ1) is 22.9. The van der Waals surface area contributed by atoms with Gasteiger partial charge in [-0.3, -0.25) is 9.80 Å². The molecule has 0 N–H and O–H groups in total. The predicted octanol–water partition coefficient (Wildman–Crippen LogP) is 5.48. The van der Waals surface area contributed by atoms with Gasteiger partial charge in [-0.2, -0.15) is 0 Å². The maximum Gasteiger partial charge on any atom is 0.119 e. The molecule has 2 aliphatic rings. The van der Waals surface area contributed by atoms with E-state index in [0.717, 1.165) is 37.8 Å². The van der Waals surface area contributed by atoms with Crippen LogP contribution >= 0.6 is 0 Å². The second kappa shape index (κ2) is 11.5. The van der Waals surface area contributed by atoms with Gasteiger partial charge in [0.15, 0.2) is 0 Å². The van der Waals surface area contributed by atoms with Gasteiger partial charge in [0, 0.05) is 13.1 Å². The molecule has 0 amide bonds. The molecule has 0 spiro atoms. The summed E-state index contributed by atoms with van der Waals surface area (Å²) in [6, 6.07) is 17.1. The molecule has 2 aromatic carbocycles. The Morgan fingerprint density at radius 2 is 1.00 bits per heavy atom. The van der Waals surface area contributed by atoms with E-state index in [-0.39, 0.29) is 0 Å². The van der Waals surface area contributed by atoms with Gasteiger partial charge in [-0.25, -0.2) is 0 Å². The summed E-state index contributed by atoms with van der Waals surface area (Å²) < 4.78 is 12.0. The van der Waals surface area contributed by atoms with E-state index >= 15 is 0 Å². The molecule has 0 saturated carbocycles. The molecule has 2 aromatic rings. The molecule has 0 bridgehead atoms. The van der Waals surface area contributed by atoms with Gasteiger partial charge in [0.2, 0.25) is 0 Å². The topological polar surface area (TPSA) is 24.9 Å². The van der Waals surface area contributed by atoms with E-state index in [1.54, 1.807) is 0 Å². The quantitative estimate of drug-likeness (QED) is 0.494. The first-order valence-electron chi connectivity index (χ1n) is 12.3. The number of likely N-dealkylation sites (tertiary alicyclic amines) is 2. The van der Waals surface area contributed by atoms with E-state index in [4.69, 9.17) is 9.47 Å². The molecule has 32 heavy (non-hydrogen) atoms. The molecule has 2 fully saturated rings. The van der Waals surface area contributed by atoms with Crippen LogP contribution in [0, 0.1) is 0 Å². The molecule has 0 unspecified atom stereocenters. The van der Waals surface area contributed by atoms with Crippen LogP contribution in [0.25, 0.3) is 5.57 Å². The molecule has 0 aliphatic carbocycles. The third-order valence-corrected chi connectivity index (χ3v) is 6.54. The zero-order valence-corrected chi connectivity index (χ0v) is 19.8. The highest BCUT2D eigenvalue weighted by Crippen LogP contribution is 2.29. The van der Waals surface area contributed by atoms with Crippen LogP contribution in [0.4, 0.5) is 0 Å². The largest absolute Gasteiger partial charge is 0.492 e. The minimum Gasteiger partial charge on any atom is -0.492 e. The summed E-state index contributed by atoms with van der Waals surface area (Å²) in [4.78, 5) is 4.96. The fraction of sp³-hybridized carbons (Fsp3) is 0.500. The van der Waals surface area contributed by atoms with E-state index in [9.17, 15) is 0 Å². The fourth-order valence-corrected chi connectivity index (χ4v) is 4.78. The number of allylic oxidation sites excluding steroid dienone is 1. The van der Waals surface area contributed by atoms with Crippen LogP contribution in [-0.2, 0) is 0 Å². The number of nitrogens with zero attached hydrogens (tertiary/aromatic N) is 2. The summed E-state index contributed by atoms with van der Waals surface area (Å²) >= 11 is 0. The maximum atomic E-state index is 5.98. The van der Waals surface area contributed by atoms with E-state index in [0.29, 0.717) is 0 Å². The molecule has 0 atom stereocenters. The van der Waals surface area contributed by atoms with Crippen LogP contribution in [0.5, 0.6) is 11.5 Å². The van der Waals surface area contributed by atoms with Gasteiger partial charge < -0.3 is 9.47 Å². The first-order chi connectivity index (χ1) is 15.7. The van der Waals surface area contributed by atoms with Gasteiger partial charge in [0.05, 0.1) is 0 Å². The molecular formula is C28H38N2O2. The first-order valence-corrected chi connectivity index (χ1v) is 12.3. The van der Waals surface area contributed by atoms with Crippen molar-refractivity contribution in [3.05, 3.63) is 65.2 Å². The lowest BCUT2D eigenvalue weighted by atomic mass is 9.94. The second-order valence-corrected chi connectivity index (χ2v) is 9.22. The lowest BCUT2D eigenvalue weighted by molar-refractivity contribution is 0.237. The standard InChI is InChI=1S/C28H38N2O2/c1-23(2)28(24-7-11-26(12-8-24)31-21-19-29-15-3-4-16-29)25-9-13-27(14-10-25)32-22-20-30-17-5-6-18-30/h7-14H,3-6,15-22H2,1-2H3. The van der Waals surface area contributed by atoms with Crippen molar-refractivity contribution in [1.29, 1.82) is 0 Å². The Kier molecular flexibility index (Phi) is 8.24. The normalized spacial score (nSPS) is 16.9. The minimum absolute atomic E-state index is 0.758. The number of hydrogen-bond acceptors (Lipinski definition) is 4. The highest BCUT2D eigenvalue weighted by molar-refractivity contribution is 5.82. The van der Waals surface area contributed by atoms with Crippen LogP contribution in [0.15, 0.2) is 54.1 Å². The van der Waals surface area contributed by atoms with Crippen molar-refractivity contribution in [2.75, 3.05) is 52.5 Å². The van der Waals surface area contributed by atoms with Crippen LogP contribution in [-0.4, -0.2) is 62.3 Å². The van der Waals surface area contributed by atoms with E-state index in [1.165, 1.54) is 74.1 Å². The highest BCUT2D eigenvalue weighted by Gasteiger charge is 2.12. The van der Waals surface area contributed by atoms with Crippen LogP contribution in [0.1, 0.15) is 50.7 Å². The Labute approximate surface area is 193 Å². The van der Waals surface area contributed by atoms with Gasteiger partial charge in [-0.1, -0.05) is 29.8 Å². The molecule has 172 valence electrons. The number of hydrogen-bond donors (Lipinski definition) is 0. The number of ether oxygens (including phenoxy) is 2. The summed E-state index contributed by atoms with van der Waals surface area (Å²) in [5.74, 6) is 1.89. The van der Waals surface area contributed by atoms with Gasteiger partial charge in [-0.05, 0) is 107 Å². The summed E-state index contributed by atoms with van der Waals surface area (Å²) in [7, 11) is 0. The third kappa shape index (κ3) is 6.36. The van der Waals surface area contributed by atoms with Crippen molar-refractivity contribution < 1.29 is 9.47 Å². The molecular weight excluding hydrogens is 396 g/mol. The molecule has 2 saturated heterocycles. The molecule has 4 rings (SSSR count). The van der Waals surface area contributed by atoms with Gasteiger partial charge in [0.1, 0.15) is 24.7 Å². The Morgan fingerprint density at radius 1 is 0.625 bits per heavy atom. The Balaban J connectivity index is 1.32. The number of rotatable bonds is 10. The highest BCUT2D eigenvalue weighted by atomic mass is 16.5. The average Bonchev–Trinajstić information content (AvgIpc) is 3.50. The van der Waals surface area contributed by atoms with Gasteiger partial charge in [0.25, 0.3) is 0 Å². The monoisotopic (exact) mass is 434 g/mol. The van der Waals surface area contributed by atoms with Crippen molar-refractivity contribution in [3.63, 3.8) is 0 Å². The smallest absolute Gasteiger partial charge is 0.119 e. The van der Waals surface area contributed by atoms with Gasteiger partial charge >= 0.3 is 0 Å². The molecule has 2 aliphatic heterocycles. The fourth-order valence-electron chi connectivity index (χ4n) is 4.78. The molecule has 0 radical (unpaired) electrons. The second-order valence-electron chi connectivity index (χ2n) is 9.22. The SMILES string of the molecule is CC(C)=C(c1ccc(OCCN2CCCC2)cc1)c1ccc(OCCN2CCCC2)cc1. The summed E-state index contributed by atoms with van der Waals surface area (Å²) in [5, 5.41) is 0. The minimum atomic E-state index is 0.758. The van der Waals surface area contributed by atoms with Crippen LogP contribution in [0.2, 0.25) is 0 Å². The lowest BCUT2D eigenvalue weighted by Crippen LogP contribution is -2.25. The lowest BCUT2D eigenvalue weighted by Gasteiger charge is -2.16. The van der Waals surface area contributed by atoms with Crippen LogP contribution < -0.4 is 9.47 Å². The average molecular weight is 435 g/mol. The summed E-state index contributed by atoms with van der Waals surface area (Å²) in [6.45, 7) is 12.8. The molecule has 2 heterocycles. The Bertz CT molecular complexity index is 790. The zero-order valence-electron chi connectivity index (χ0n) is 19.8. The molecule has 4 heteroatoms. The molecule has 0 aromatic heterocycles. The summed E-state index contributed by atoms with van der Waals surface area (Å²) in [5.41, 5.74) is 5.02. The number of benzene rings is 2. The third-order valence-electron chi connectivity index (χ3n) is 6.54. The van der Waals surface area contributed by atoms with Crippen molar-refractivity contribution >= 4 is 5.57 Å². The Hall–Kier alpha value is -2.30. The maximum absolute atomic E-state index is 5.98. The van der Waals surface area contributed by atoms with E-state index < -0.39 is 0 Å². The van der Waals surface area contributed by atoms with Crippen molar-refractivity contribution in [3.8, 4) is 11.5 Å². The van der Waals surface area contributed by atoms with Crippen LogP contribution in [0.3, 0.4) is 0 Å². The van der Waals surface area contributed by atoms with Crippen molar-refractivity contribution in [2.24, 2.45) is 0 Å². The van der Waals surface area contributed by atoms with Gasteiger partial charge in [-0.15, -0.1) is 0 Å². The molecule has 4 nitrogen and oxygen atoms in total. The van der Waals surface area contributed by atoms with E-state index in [2.05, 4.69) is 72.2 Å². The summed E-state index contributed by atoms with van der Waals surface area (Å²) in [6.07, 6.45) is 5.30. The van der Waals surface area contributed by atoms with Crippen molar-refractivity contribution in [2.45, 2.75) is 39.5 Å². The predicted molar refractivity (Wildman–Crippen MR) is 133 cm³/mol. The Morgan fingerprint density at radius 3 is 1.34 bits per heavy atom. The van der Waals surface area contributed by atoms with E-state index in [1.807, 2.05) is 0 Å². The zero-order chi connectivity index (χ0) is 22.2. The van der Waals surface area contributed by atoms with Crippen molar-refractivity contribution in [1.82, 2.24) is 9.80 Å².